The molecule has 0 aliphatic heterocycles. The van der Waals surface area contributed by atoms with Gasteiger partial charge in [-0.25, -0.2) is 0 Å². The van der Waals surface area contributed by atoms with Gasteiger partial charge in [0, 0.05) is 0 Å². The summed E-state index contributed by atoms with van der Waals surface area (Å²) >= 11 is 0. The number of benzene rings is 1. The minimum atomic E-state index is -5.46. The maximum absolute atomic E-state index is 12.7. The second kappa shape index (κ2) is 5.62. The van der Waals surface area contributed by atoms with Gasteiger partial charge in [0.25, 0.3) is 0 Å². The first-order chi connectivity index (χ1) is 9.43. The Balaban J connectivity index is 3.33. The topological polar surface area (TPSA) is 66.4 Å². The van der Waals surface area contributed by atoms with Crippen molar-refractivity contribution in [2.75, 3.05) is 0 Å². The molecule has 0 aliphatic rings. The molecule has 0 atom stereocenters. The zero-order valence-corrected chi connectivity index (χ0v) is 9.84. The Bertz CT molecular complexity index is 561. The van der Waals surface area contributed by atoms with Crippen LogP contribution in [-0.4, -0.2) is 11.9 Å². The molecule has 1 aromatic rings. The van der Waals surface area contributed by atoms with Gasteiger partial charge in [0.05, 0.1) is 18.0 Å². The lowest BCUT2D eigenvalue weighted by atomic mass is 10.1. The number of carboxylic acid groups (broad SMARTS) is 1. The average Bonchev–Trinajstić information content (AvgIpc) is 2.24. The molecule has 0 fully saturated rings. The van der Waals surface area contributed by atoms with Gasteiger partial charge in [0.15, 0.2) is 0 Å². The number of hydrogen-bond acceptors (Lipinski definition) is 4. The smallest absolute Gasteiger partial charge is 0.420 e. The van der Waals surface area contributed by atoms with Crippen LogP contribution in [0.15, 0.2) is 18.2 Å². The largest absolute Gasteiger partial charge is 0.550 e. The minimum absolute atomic E-state index is 0.166. The van der Waals surface area contributed by atoms with Crippen molar-refractivity contribution in [2.24, 2.45) is 0 Å². The fourth-order valence-electron chi connectivity index (χ4n) is 1.42. The molecular formula is C11H5F6O4-. The summed E-state index contributed by atoms with van der Waals surface area (Å²) in [4.78, 5) is 21.1. The van der Waals surface area contributed by atoms with Gasteiger partial charge in [-0.05, 0) is 12.1 Å². The number of carbonyl (C=O) groups excluding carboxylic acids is 2. The highest BCUT2D eigenvalue weighted by molar-refractivity contribution is 5.90. The van der Waals surface area contributed by atoms with Crippen LogP contribution in [0.3, 0.4) is 0 Å². The summed E-state index contributed by atoms with van der Waals surface area (Å²) in [5.41, 5.74) is -4.25. The molecule has 0 radical (unpaired) electrons. The van der Waals surface area contributed by atoms with Gasteiger partial charge in [-0.15, -0.1) is 0 Å². The highest BCUT2D eigenvalue weighted by Gasteiger charge is 2.45. The standard InChI is InChI=1S/C11H6F6O4/c12-10(13,14)5-2-1-3-6(9(5)11(15,16)17)21-8(20)4-7(18)19/h1-3H,4H2,(H,18,19)/p-1. The molecule has 0 bridgehead atoms. The Kier molecular flexibility index (Phi) is 4.49. The van der Waals surface area contributed by atoms with Crippen molar-refractivity contribution in [2.45, 2.75) is 18.8 Å². The molecule has 0 saturated heterocycles. The summed E-state index contributed by atoms with van der Waals surface area (Å²) in [5.74, 6) is -5.05. The van der Waals surface area contributed by atoms with E-state index in [0.717, 1.165) is 0 Å². The Hall–Kier alpha value is -2.26. The Morgan fingerprint density at radius 2 is 1.62 bits per heavy atom. The summed E-state index contributed by atoms with van der Waals surface area (Å²) < 4.78 is 79.9. The quantitative estimate of drug-likeness (QED) is 0.369. The molecule has 0 spiro atoms. The Morgan fingerprint density at radius 1 is 1.05 bits per heavy atom. The lowest BCUT2D eigenvalue weighted by Crippen LogP contribution is -2.28. The maximum atomic E-state index is 12.7. The molecule has 0 saturated carbocycles. The van der Waals surface area contributed by atoms with Crippen LogP contribution in [0.5, 0.6) is 5.75 Å². The highest BCUT2D eigenvalue weighted by Crippen LogP contribution is 2.44. The highest BCUT2D eigenvalue weighted by atomic mass is 19.4. The van der Waals surface area contributed by atoms with Crippen LogP contribution in [0.1, 0.15) is 17.5 Å². The average molecular weight is 315 g/mol. The Morgan fingerprint density at radius 3 is 2.05 bits per heavy atom. The van der Waals surface area contributed by atoms with E-state index in [1.54, 1.807) is 0 Å². The second-order valence-electron chi connectivity index (χ2n) is 3.70. The summed E-state index contributed by atoms with van der Waals surface area (Å²) in [6, 6.07) is 1.24. The van der Waals surface area contributed by atoms with Crippen LogP contribution in [0.25, 0.3) is 0 Å². The zero-order chi connectivity index (χ0) is 16.4. The molecule has 0 N–H and O–H groups in total. The third-order valence-electron chi connectivity index (χ3n) is 2.13. The third kappa shape index (κ3) is 4.36. The number of carbonyl (C=O) groups is 2. The second-order valence-corrected chi connectivity index (χ2v) is 3.70. The van der Waals surface area contributed by atoms with Crippen molar-refractivity contribution in [3.63, 3.8) is 0 Å². The van der Waals surface area contributed by atoms with Crippen LogP contribution in [-0.2, 0) is 21.9 Å². The molecule has 0 aromatic heterocycles. The molecule has 0 amide bonds. The van der Waals surface area contributed by atoms with Gasteiger partial charge in [-0.1, -0.05) is 6.07 Å². The van der Waals surface area contributed by atoms with Crippen LogP contribution in [0, 0.1) is 0 Å². The summed E-state index contributed by atoms with van der Waals surface area (Å²) in [6.45, 7) is 0. The zero-order valence-electron chi connectivity index (χ0n) is 9.84. The normalized spacial score (nSPS) is 12.1. The van der Waals surface area contributed by atoms with Crippen molar-refractivity contribution in [1.82, 2.24) is 0 Å². The molecule has 21 heavy (non-hydrogen) atoms. The first kappa shape index (κ1) is 16.8. The lowest BCUT2D eigenvalue weighted by molar-refractivity contribution is -0.304. The number of carboxylic acids is 1. The number of esters is 1. The van der Waals surface area contributed by atoms with Crippen molar-refractivity contribution in [1.29, 1.82) is 0 Å². The van der Waals surface area contributed by atoms with E-state index < -0.39 is 47.6 Å². The van der Waals surface area contributed by atoms with Crippen molar-refractivity contribution < 1.29 is 45.8 Å². The summed E-state index contributed by atoms with van der Waals surface area (Å²) in [6.07, 6.45) is -12.2. The van der Waals surface area contributed by atoms with Crippen LogP contribution >= 0.6 is 0 Å². The number of hydrogen-bond donors (Lipinski definition) is 0. The summed E-state index contributed by atoms with van der Waals surface area (Å²) in [5, 5.41) is 10.1. The first-order valence-electron chi connectivity index (χ1n) is 5.11. The van der Waals surface area contributed by atoms with Gasteiger partial charge in [-0.2, -0.15) is 26.3 Å². The fourth-order valence-corrected chi connectivity index (χ4v) is 1.42. The molecule has 10 heteroatoms. The van der Waals surface area contributed by atoms with E-state index in [1.165, 1.54) is 0 Å². The predicted molar refractivity (Wildman–Crippen MR) is 51.7 cm³/mol. The van der Waals surface area contributed by atoms with E-state index in [1.807, 2.05) is 0 Å². The van der Waals surface area contributed by atoms with Crippen molar-refractivity contribution >= 4 is 11.9 Å². The van der Waals surface area contributed by atoms with Gasteiger partial charge < -0.3 is 14.6 Å². The number of halogens is 6. The van der Waals surface area contributed by atoms with Crippen LogP contribution < -0.4 is 9.84 Å². The van der Waals surface area contributed by atoms with Crippen molar-refractivity contribution in [3.05, 3.63) is 29.3 Å². The maximum Gasteiger partial charge on any atom is 0.420 e. The molecule has 0 heterocycles. The van der Waals surface area contributed by atoms with E-state index in [2.05, 4.69) is 4.74 Å². The molecule has 1 aromatic carbocycles. The van der Waals surface area contributed by atoms with Crippen LogP contribution in [0.4, 0.5) is 26.3 Å². The first-order valence-corrected chi connectivity index (χ1v) is 5.11. The van der Waals surface area contributed by atoms with Crippen molar-refractivity contribution in [3.8, 4) is 5.75 Å². The summed E-state index contributed by atoms with van der Waals surface area (Å²) in [7, 11) is 0. The molecule has 1 rings (SSSR count). The van der Waals surface area contributed by atoms with E-state index in [-0.39, 0.29) is 6.07 Å². The monoisotopic (exact) mass is 315 g/mol. The predicted octanol–water partition coefficient (Wildman–Crippen LogP) is 1.77. The van der Waals surface area contributed by atoms with Gasteiger partial charge in [0.1, 0.15) is 11.3 Å². The minimum Gasteiger partial charge on any atom is -0.550 e. The lowest BCUT2D eigenvalue weighted by Gasteiger charge is -2.18. The number of alkyl halides is 6. The number of ether oxygens (including phenoxy) is 1. The number of rotatable bonds is 3. The Labute approximate surface area is 112 Å². The van der Waals surface area contributed by atoms with Gasteiger partial charge >= 0.3 is 18.3 Å². The molecule has 0 aliphatic carbocycles. The van der Waals surface area contributed by atoms with E-state index in [9.17, 15) is 41.0 Å². The fraction of sp³-hybridized carbons (Fsp3) is 0.273. The molecule has 116 valence electrons. The van der Waals surface area contributed by atoms with Crippen LogP contribution in [0.2, 0.25) is 0 Å². The van der Waals surface area contributed by atoms with Gasteiger partial charge in [0.2, 0.25) is 0 Å². The molecular weight excluding hydrogens is 310 g/mol. The van der Waals surface area contributed by atoms with E-state index in [4.69, 9.17) is 0 Å². The number of aliphatic carboxylic acids is 1. The van der Waals surface area contributed by atoms with E-state index in [0.29, 0.717) is 12.1 Å². The molecule has 0 unspecified atom stereocenters. The molecule has 4 nitrogen and oxygen atoms in total. The van der Waals surface area contributed by atoms with E-state index >= 15 is 0 Å². The third-order valence-corrected chi connectivity index (χ3v) is 2.13. The van der Waals surface area contributed by atoms with Gasteiger partial charge in [-0.3, -0.25) is 4.79 Å². The SMILES string of the molecule is O=C([O-])CC(=O)Oc1cccc(C(F)(F)F)c1C(F)(F)F.